The normalized spacial score (nSPS) is 23.6. The van der Waals surface area contributed by atoms with E-state index in [0.717, 1.165) is 19.3 Å². The van der Waals surface area contributed by atoms with Crippen LogP contribution in [-0.2, 0) is 14.8 Å². The van der Waals surface area contributed by atoms with Gasteiger partial charge in [-0.2, -0.15) is 0 Å². The van der Waals surface area contributed by atoms with Crippen LogP contribution in [0.4, 0.5) is 4.79 Å². The first kappa shape index (κ1) is 16.7. The van der Waals surface area contributed by atoms with E-state index in [4.69, 9.17) is 10.2 Å². The molecule has 0 heterocycles. The average molecular weight is 307 g/mol. The van der Waals surface area contributed by atoms with Gasteiger partial charge in [0.2, 0.25) is 10.0 Å². The number of carbonyl (C=O) groups excluding carboxylic acids is 1. The first-order chi connectivity index (χ1) is 9.29. The predicted molar refractivity (Wildman–Crippen MR) is 72.5 cm³/mol. The summed E-state index contributed by atoms with van der Waals surface area (Å²) in [5.74, 6) is -1.86. The van der Waals surface area contributed by atoms with Gasteiger partial charge in [-0.3, -0.25) is 4.79 Å². The largest absolute Gasteiger partial charge is 0.481 e. The first-order valence-electron chi connectivity index (χ1n) is 6.57. The van der Waals surface area contributed by atoms with Gasteiger partial charge >= 0.3 is 12.0 Å². The van der Waals surface area contributed by atoms with Gasteiger partial charge in [0.15, 0.2) is 0 Å². The highest BCUT2D eigenvalue weighted by Crippen LogP contribution is 2.23. The number of carboxylic acid groups (broad SMARTS) is 1. The van der Waals surface area contributed by atoms with Gasteiger partial charge in [0, 0.05) is 12.6 Å². The SMILES string of the molecule is NS(=O)(=O)CCNC(=O)NC1CCCCCC1C(=O)O. The van der Waals surface area contributed by atoms with Crippen LogP contribution in [0.25, 0.3) is 0 Å². The van der Waals surface area contributed by atoms with Gasteiger partial charge in [-0.25, -0.2) is 18.4 Å². The number of sulfonamides is 1. The fourth-order valence-corrected chi connectivity index (χ4v) is 2.69. The molecule has 0 aromatic carbocycles. The Balaban J connectivity index is 2.47. The Bertz CT molecular complexity index is 451. The van der Waals surface area contributed by atoms with Crippen LogP contribution in [0.5, 0.6) is 0 Å². The molecule has 0 aromatic rings. The topological polar surface area (TPSA) is 139 Å². The maximum atomic E-state index is 11.6. The van der Waals surface area contributed by atoms with Crippen LogP contribution < -0.4 is 15.8 Å². The maximum absolute atomic E-state index is 11.6. The van der Waals surface area contributed by atoms with E-state index < -0.39 is 34.0 Å². The van der Waals surface area contributed by atoms with Crippen molar-refractivity contribution in [3.05, 3.63) is 0 Å². The molecule has 9 heteroatoms. The van der Waals surface area contributed by atoms with Crippen molar-refractivity contribution in [1.29, 1.82) is 0 Å². The van der Waals surface area contributed by atoms with Crippen LogP contribution in [0, 0.1) is 5.92 Å². The first-order valence-corrected chi connectivity index (χ1v) is 8.29. The second-order valence-electron chi connectivity index (χ2n) is 4.96. The maximum Gasteiger partial charge on any atom is 0.315 e. The van der Waals surface area contributed by atoms with Gasteiger partial charge in [0.25, 0.3) is 0 Å². The number of carbonyl (C=O) groups is 2. The summed E-state index contributed by atoms with van der Waals surface area (Å²) in [6, 6.07) is -0.990. The number of rotatable bonds is 5. The molecule has 116 valence electrons. The Labute approximate surface area is 118 Å². The molecular weight excluding hydrogens is 286 g/mol. The third-order valence-corrected chi connectivity index (χ3v) is 4.09. The van der Waals surface area contributed by atoms with E-state index >= 15 is 0 Å². The molecule has 0 aliphatic heterocycles. The minimum Gasteiger partial charge on any atom is -0.481 e. The van der Waals surface area contributed by atoms with Gasteiger partial charge in [-0.15, -0.1) is 0 Å². The minimum atomic E-state index is -3.62. The minimum absolute atomic E-state index is 0.102. The highest BCUT2D eigenvalue weighted by atomic mass is 32.2. The molecule has 1 aliphatic rings. The van der Waals surface area contributed by atoms with Gasteiger partial charge in [-0.05, 0) is 12.8 Å². The van der Waals surface area contributed by atoms with Crippen molar-refractivity contribution in [2.75, 3.05) is 12.3 Å². The number of nitrogens with one attached hydrogen (secondary N) is 2. The van der Waals surface area contributed by atoms with Crippen LogP contribution in [-0.4, -0.2) is 43.9 Å². The van der Waals surface area contributed by atoms with E-state index in [1.54, 1.807) is 0 Å². The Kier molecular flexibility index (Phi) is 6.21. The van der Waals surface area contributed by atoms with E-state index in [1.165, 1.54) is 0 Å². The van der Waals surface area contributed by atoms with Crippen LogP contribution >= 0.6 is 0 Å². The average Bonchev–Trinajstić information content (AvgIpc) is 2.52. The van der Waals surface area contributed by atoms with Crippen molar-refractivity contribution >= 4 is 22.0 Å². The lowest BCUT2D eigenvalue weighted by Crippen LogP contribution is -2.48. The lowest BCUT2D eigenvalue weighted by atomic mass is 9.95. The zero-order chi connectivity index (χ0) is 15.2. The molecule has 2 unspecified atom stereocenters. The second kappa shape index (κ2) is 7.44. The van der Waals surface area contributed by atoms with Crippen molar-refractivity contribution in [3.63, 3.8) is 0 Å². The third-order valence-electron chi connectivity index (χ3n) is 3.32. The summed E-state index contributed by atoms with van der Waals surface area (Å²) in [6.07, 6.45) is 3.81. The van der Waals surface area contributed by atoms with Crippen molar-refractivity contribution in [2.45, 2.75) is 38.1 Å². The number of aliphatic carboxylic acids is 1. The van der Waals surface area contributed by atoms with Crippen LogP contribution in [0.3, 0.4) is 0 Å². The van der Waals surface area contributed by atoms with Crippen molar-refractivity contribution in [3.8, 4) is 0 Å². The van der Waals surface area contributed by atoms with Crippen LogP contribution in [0.1, 0.15) is 32.1 Å². The van der Waals surface area contributed by atoms with E-state index in [-0.39, 0.29) is 12.3 Å². The second-order valence-corrected chi connectivity index (χ2v) is 6.69. The molecule has 0 radical (unpaired) electrons. The summed E-state index contributed by atoms with van der Waals surface area (Å²) >= 11 is 0. The molecule has 0 bridgehead atoms. The third kappa shape index (κ3) is 6.20. The molecule has 2 amide bonds. The Hall–Kier alpha value is -1.35. The molecule has 1 rings (SSSR count). The molecule has 0 aromatic heterocycles. The van der Waals surface area contributed by atoms with Crippen molar-refractivity contribution in [2.24, 2.45) is 11.1 Å². The fourth-order valence-electron chi connectivity index (χ4n) is 2.30. The summed E-state index contributed by atoms with van der Waals surface area (Å²) < 4.78 is 21.4. The number of urea groups is 1. The lowest BCUT2D eigenvalue weighted by molar-refractivity contribution is -0.142. The van der Waals surface area contributed by atoms with Crippen molar-refractivity contribution in [1.82, 2.24) is 10.6 Å². The molecule has 20 heavy (non-hydrogen) atoms. The number of hydrogen-bond donors (Lipinski definition) is 4. The summed E-state index contributed by atoms with van der Waals surface area (Å²) in [5.41, 5.74) is 0. The molecule has 1 aliphatic carbocycles. The number of nitrogens with two attached hydrogens (primary N) is 1. The number of amides is 2. The summed E-state index contributed by atoms with van der Waals surface area (Å²) in [6.45, 7) is -0.102. The molecule has 2 atom stereocenters. The molecule has 0 saturated heterocycles. The Morgan fingerprint density at radius 3 is 2.45 bits per heavy atom. The predicted octanol–water partition coefficient (Wildman–Crippen LogP) is -0.392. The van der Waals surface area contributed by atoms with Crippen LogP contribution in [0.2, 0.25) is 0 Å². The van der Waals surface area contributed by atoms with Crippen molar-refractivity contribution < 1.29 is 23.1 Å². The lowest BCUT2D eigenvalue weighted by Gasteiger charge is -2.22. The Morgan fingerprint density at radius 1 is 1.20 bits per heavy atom. The monoisotopic (exact) mass is 307 g/mol. The standard InChI is InChI=1S/C11H21N3O5S/c12-20(18,19)7-6-13-11(17)14-9-5-3-1-2-4-8(9)10(15)16/h8-9H,1-7H2,(H,15,16)(H2,12,18,19)(H2,13,14,17). The van der Waals surface area contributed by atoms with Gasteiger partial charge < -0.3 is 15.7 Å². The summed E-state index contributed by atoms with van der Waals surface area (Å²) in [5, 5.41) is 18.9. The molecule has 5 N–H and O–H groups in total. The van der Waals surface area contributed by atoms with Gasteiger partial charge in [0.05, 0.1) is 11.7 Å². The molecule has 1 saturated carbocycles. The highest BCUT2D eigenvalue weighted by molar-refractivity contribution is 7.89. The smallest absolute Gasteiger partial charge is 0.315 e. The molecule has 8 nitrogen and oxygen atoms in total. The molecule has 1 fully saturated rings. The molecular formula is C11H21N3O5S. The summed E-state index contributed by atoms with van der Waals surface area (Å²) in [7, 11) is -3.62. The van der Waals surface area contributed by atoms with E-state index in [1.807, 2.05) is 0 Å². The zero-order valence-electron chi connectivity index (χ0n) is 11.2. The highest BCUT2D eigenvalue weighted by Gasteiger charge is 2.30. The Morgan fingerprint density at radius 2 is 1.85 bits per heavy atom. The zero-order valence-corrected chi connectivity index (χ0v) is 12.0. The van der Waals surface area contributed by atoms with Crippen LogP contribution in [0.15, 0.2) is 0 Å². The number of hydrogen-bond acceptors (Lipinski definition) is 4. The van der Waals surface area contributed by atoms with E-state index in [2.05, 4.69) is 10.6 Å². The van der Waals surface area contributed by atoms with E-state index in [9.17, 15) is 18.0 Å². The van der Waals surface area contributed by atoms with E-state index in [0.29, 0.717) is 12.8 Å². The fraction of sp³-hybridized carbons (Fsp3) is 0.818. The number of carboxylic acids is 1. The number of primary sulfonamides is 1. The summed E-state index contributed by atoms with van der Waals surface area (Å²) in [4.78, 5) is 22.8. The molecule has 0 spiro atoms. The van der Waals surface area contributed by atoms with Gasteiger partial charge in [-0.1, -0.05) is 19.3 Å². The van der Waals surface area contributed by atoms with Gasteiger partial charge in [0.1, 0.15) is 0 Å². The quantitative estimate of drug-likeness (QED) is 0.512.